The molecule has 0 bridgehead atoms. The number of hydrogen-bond donors (Lipinski definition) is 0. The molecule has 0 atom stereocenters. The number of halogens is 3. The number of ether oxygens (including phenoxy) is 3. The molecule has 9 nitrogen and oxygen atoms in total. The van der Waals surface area contributed by atoms with Crippen LogP contribution in [-0.2, 0) is 12.7 Å². The zero-order chi connectivity index (χ0) is 29.1. The highest BCUT2D eigenvalue weighted by molar-refractivity contribution is 6.11. The van der Waals surface area contributed by atoms with Gasteiger partial charge in [0.1, 0.15) is 5.69 Å². The minimum absolute atomic E-state index is 0.0400. The zero-order valence-corrected chi connectivity index (χ0v) is 22.2. The van der Waals surface area contributed by atoms with Crippen LogP contribution in [0.1, 0.15) is 27.2 Å². The van der Waals surface area contributed by atoms with E-state index in [4.69, 9.17) is 19.3 Å². The maximum atomic E-state index is 13.8. The number of nitrogens with zero attached hydrogens (tertiary/aromatic N) is 5. The number of ketones is 1. The molecular weight excluding hydrogens is 539 g/mol. The first-order valence-corrected chi connectivity index (χ1v) is 12.3. The van der Waals surface area contributed by atoms with Gasteiger partial charge in [-0.3, -0.25) is 4.79 Å². The summed E-state index contributed by atoms with van der Waals surface area (Å²) in [4.78, 5) is 13.8. The number of para-hydroxylation sites is 1. The number of rotatable bonds is 9. The van der Waals surface area contributed by atoms with Crippen molar-refractivity contribution in [3.05, 3.63) is 102 Å². The van der Waals surface area contributed by atoms with Crippen molar-refractivity contribution in [2.75, 3.05) is 21.3 Å². The van der Waals surface area contributed by atoms with E-state index in [9.17, 15) is 18.0 Å². The molecule has 0 fully saturated rings. The summed E-state index contributed by atoms with van der Waals surface area (Å²) >= 11 is 0. The van der Waals surface area contributed by atoms with E-state index in [0.717, 1.165) is 17.8 Å². The molecule has 3 aromatic carbocycles. The monoisotopic (exact) mass is 563 g/mol. The first kappa shape index (κ1) is 27.4. The van der Waals surface area contributed by atoms with Crippen molar-refractivity contribution < 1.29 is 32.2 Å². The van der Waals surface area contributed by atoms with E-state index >= 15 is 0 Å². The SMILES string of the molecule is COc1cc(-c2nn(-c3ccccc3)cc2C(=O)c2cn(Cc3ccc(C(F)(F)F)cc3)nn2)cc(OC)c1OC. The van der Waals surface area contributed by atoms with Crippen molar-refractivity contribution in [3.8, 4) is 34.2 Å². The van der Waals surface area contributed by atoms with Crippen molar-refractivity contribution in [1.29, 1.82) is 0 Å². The van der Waals surface area contributed by atoms with E-state index in [0.29, 0.717) is 34.1 Å². The molecule has 0 aliphatic rings. The second kappa shape index (κ2) is 11.2. The summed E-state index contributed by atoms with van der Waals surface area (Å²) in [6.45, 7) is 0.126. The normalized spacial score (nSPS) is 11.4. The van der Waals surface area contributed by atoms with Crippen molar-refractivity contribution in [2.24, 2.45) is 0 Å². The van der Waals surface area contributed by atoms with Gasteiger partial charge in [0.15, 0.2) is 17.2 Å². The van der Waals surface area contributed by atoms with Crippen LogP contribution in [0, 0.1) is 0 Å². The van der Waals surface area contributed by atoms with Crippen molar-refractivity contribution in [2.45, 2.75) is 12.7 Å². The average Bonchev–Trinajstić information content (AvgIpc) is 3.64. The molecule has 0 aliphatic carbocycles. The molecule has 0 amide bonds. The van der Waals surface area contributed by atoms with Crippen LogP contribution in [0.2, 0.25) is 0 Å². The van der Waals surface area contributed by atoms with Gasteiger partial charge in [0, 0.05) is 11.8 Å². The number of hydrogen-bond acceptors (Lipinski definition) is 7. The summed E-state index contributed by atoms with van der Waals surface area (Å²) in [7, 11) is 4.47. The lowest BCUT2D eigenvalue weighted by molar-refractivity contribution is -0.137. The Morgan fingerprint density at radius 1 is 0.878 bits per heavy atom. The highest BCUT2D eigenvalue weighted by Gasteiger charge is 2.30. The number of aromatic nitrogens is 5. The molecule has 2 aromatic heterocycles. The van der Waals surface area contributed by atoms with Crippen LogP contribution in [0.4, 0.5) is 13.2 Å². The zero-order valence-electron chi connectivity index (χ0n) is 22.2. The smallest absolute Gasteiger partial charge is 0.416 e. The third-order valence-electron chi connectivity index (χ3n) is 6.31. The molecule has 5 aromatic rings. The van der Waals surface area contributed by atoms with E-state index in [1.54, 1.807) is 23.0 Å². The van der Waals surface area contributed by atoms with Crippen LogP contribution in [-0.4, -0.2) is 51.9 Å². The summed E-state index contributed by atoms with van der Waals surface area (Å²) < 4.78 is 58.1. The van der Waals surface area contributed by atoms with Crippen molar-refractivity contribution in [3.63, 3.8) is 0 Å². The van der Waals surface area contributed by atoms with E-state index in [1.165, 1.54) is 44.3 Å². The van der Waals surface area contributed by atoms with Crippen molar-refractivity contribution >= 4 is 5.78 Å². The molecule has 0 saturated heterocycles. The van der Waals surface area contributed by atoms with Crippen LogP contribution in [0.5, 0.6) is 17.2 Å². The third-order valence-corrected chi connectivity index (χ3v) is 6.31. The Bertz CT molecular complexity index is 1650. The second-order valence-electron chi connectivity index (χ2n) is 8.91. The average molecular weight is 564 g/mol. The quantitative estimate of drug-likeness (QED) is 0.220. The van der Waals surface area contributed by atoms with Gasteiger partial charge >= 0.3 is 6.18 Å². The molecule has 12 heteroatoms. The van der Waals surface area contributed by atoms with Crippen LogP contribution in [0.15, 0.2) is 79.1 Å². The molecule has 0 radical (unpaired) electrons. The largest absolute Gasteiger partial charge is 0.493 e. The van der Waals surface area contributed by atoms with Gasteiger partial charge in [-0.1, -0.05) is 35.5 Å². The molecule has 0 saturated carbocycles. The second-order valence-corrected chi connectivity index (χ2v) is 8.91. The van der Waals surface area contributed by atoms with Gasteiger partial charge < -0.3 is 14.2 Å². The van der Waals surface area contributed by atoms with Gasteiger partial charge in [-0.15, -0.1) is 5.10 Å². The first-order valence-electron chi connectivity index (χ1n) is 12.3. The lowest BCUT2D eigenvalue weighted by atomic mass is 10.0. The van der Waals surface area contributed by atoms with Crippen LogP contribution in [0.25, 0.3) is 16.9 Å². The van der Waals surface area contributed by atoms with E-state index < -0.39 is 17.5 Å². The maximum absolute atomic E-state index is 13.8. The number of carbonyl (C=O) groups is 1. The minimum Gasteiger partial charge on any atom is -0.493 e. The Morgan fingerprint density at radius 2 is 1.54 bits per heavy atom. The molecule has 5 rings (SSSR count). The predicted molar refractivity (Wildman–Crippen MR) is 143 cm³/mol. The fourth-order valence-electron chi connectivity index (χ4n) is 4.29. The Labute approximate surface area is 232 Å². The number of benzene rings is 3. The van der Waals surface area contributed by atoms with Gasteiger partial charge in [-0.25, -0.2) is 9.36 Å². The Balaban J connectivity index is 1.52. The highest BCUT2D eigenvalue weighted by atomic mass is 19.4. The molecule has 41 heavy (non-hydrogen) atoms. The first-order chi connectivity index (χ1) is 19.7. The molecule has 0 N–H and O–H groups in total. The maximum Gasteiger partial charge on any atom is 0.416 e. The van der Waals surface area contributed by atoms with Crippen LogP contribution in [0.3, 0.4) is 0 Å². The van der Waals surface area contributed by atoms with Gasteiger partial charge in [0.2, 0.25) is 11.5 Å². The molecule has 2 heterocycles. The molecule has 0 spiro atoms. The third kappa shape index (κ3) is 5.62. The predicted octanol–water partition coefficient (Wildman–Crippen LogP) is 5.45. The lowest BCUT2D eigenvalue weighted by Gasteiger charge is -2.13. The summed E-state index contributed by atoms with van der Waals surface area (Å²) in [6, 6.07) is 17.4. The van der Waals surface area contributed by atoms with Gasteiger partial charge in [-0.05, 0) is 42.0 Å². The number of alkyl halides is 3. The Hall–Kier alpha value is -5.13. The summed E-state index contributed by atoms with van der Waals surface area (Å²) in [5.74, 6) is 0.712. The molecular formula is C29H24F3N5O4. The van der Waals surface area contributed by atoms with Gasteiger partial charge in [-0.2, -0.15) is 18.3 Å². The number of methoxy groups -OCH3 is 3. The summed E-state index contributed by atoms with van der Waals surface area (Å²) in [5, 5.41) is 12.8. The number of carbonyl (C=O) groups excluding carboxylic acids is 1. The minimum atomic E-state index is -4.43. The fraction of sp³-hybridized carbons (Fsp3) is 0.172. The standard InChI is InChI=1S/C29H24F3N5O4/c1-39-24-13-19(14-25(40-2)28(24)41-3)26-22(16-37(34-26)21-7-5-4-6-8-21)27(38)23-17-36(35-33-23)15-18-9-11-20(12-10-18)29(30,31)32/h4-14,16-17H,15H2,1-3H3. The van der Waals surface area contributed by atoms with Gasteiger partial charge in [0.05, 0.1) is 50.9 Å². The van der Waals surface area contributed by atoms with E-state index in [-0.39, 0.29) is 17.8 Å². The lowest BCUT2D eigenvalue weighted by Crippen LogP contribution is -2.06. The van der Waals surface area contributed by atoms with Gasteiger partial charge in [0.25, 0.3) is 0 Å². The van der Waals surface area contributed by atoms with Crippen LogP contribution < -0.4 is 14.2 Å². The highest BCUT2D eigenvalue weighted by Crippen LogP contribution is 2.42. The van der Waals surface area contributed by atoms with Crippen LogP contribution >= 0.6 is 0 Å². The molecule has 0 unspecified atom stereocenters. The van der Waals surface area contributed by atoms with E-state index in [2.05, 4.69) is 10.3 Å². The molecule has 210 valence electrons. The van der Waals surface area contributed by atoms with E-state index in [1.807, 2.05) is 30.3 Å². The van der Waals surface area contributed by atoms with Crippen molar-refractivity contribution in [1.82, 2.24) is 24.8 Å². The summed E-state index contributed by atoms with van der Waals surface area (Å²) in [5.41, 5.74) is 1.71. The molecule has 0 aliphatic heterocycles. The Morgan fingerprint density at radius 3 is 2.12 bits per heavy atom. The fourth-order valence-corrected chi connectivity index (χ4v) is 4.29. The topological polar surface area (TPSA) is 93.3 Å². The Kier molecular flexibility index (Phi) is 7.47. The summed E-state index contributed by atoms with van der Waals surface area (Å²) in [6.07, 6.45) is -1.38.